The summed E-state index contributed by atoms with van der Waals surface area (Å²) in [5.41, 5.74) is 1.25. The molecule has 2 heteroatoms. The number of likely N-dealkylation sites (tertiary alicyclic amines) is 1. The van der Waals surface area contributed by atoms with Crippen molar-refractivity contribution in [3.05, 3.63) is 12.3 Å². The van der Waals surface area contributed by atoms with Crippen molar-refractivity contribution in [2.75, 3.05) is 20.1 Å². The highest BCUT2D eigenvalue weighted by Crippen LogP contribution is 2.15. The normalized spacial score (nSPS) is 20.7. The first-order chi connectivity index (χ1) is 5.75. The smallest absolute Gasteiger partial charge is 0.0434 e. The highest BCUT2D eigenvalue weighted by molar-refractivity contribution is 5.03. The van der Waals surface area contributed by atoms with Gasteiger partial charge in [-0.2, -0.15) is 0 Å². The van der Waals surface area contributed by atoms with Gasteiger partial charge < -0.3 is 10.2 Å². The molecule has 70 valence electrons. The van der Waals surface area contributed by atoms with Gasteiger partial charge in [-0.1, -0.05) is 6.58 Å². The molecule has 0 bridgehead atoms. The van der Waals surface area contributed by atoms with Crippen molar-refractivity contribution in [2.24, 2.45) is 0 Å². The van der Waals surface area contributed by atoms with Gasteiger partial charge in [0, 0.05) is 24.8 Å². The van der Waals surface area contributed by atoms with E-state index in [4.69, 9.17) is 0 Å². The van der Waals surface area contributed by atoms with E-state index in [1.54, 1.807) is 0 Å². The van der Waals surface area contributed by atoms with E-state index in [2.05, 4.69) is 23.7 Å². The molecule has 1 heterocycles. The number of nitrogens with zero attached hydrogens (tertiary/aromatic N) is 1. The van der Waals surface area contributed by atoms with Crippen molar-refractivity contribution < 1.29 is 0 Å². The summed E-state index contributed by atoms with van der Waals surface area (Å²) in [6, 6.07) is 0.420. The minimum absolute atomic E-state index is 0.420. The zero-order valence-corrected chi connectivity index (χ0v) is 8.27. The SMILES string of the molecule is C=C(C(C)NC)N1CCCCC1. The number of hydrogen-bond donors (Lipinski definition) is 1. The first-order valence-electron chi connectivity index (χ1n) is 4.86. The van der Waals surface area contributed by atoms with Crippen molar-refractivity contribution in [3.8, 4) is 0 Å². The number of rotatable bonds is 3. The Morgan fingerprint density at radius 1 is 1.33 bits per heavy atom. The van der Waals surface area contributed by atoms with Crippen LogP contribution in [0, 0.1) is 0 Å². The van der Waals surface area contributed by atoms with Crippen molar-refractivity contribution in [2.45, 2.75) is 32.2 Å². The Hall–Kier alpha value is -0.500. The van der Waals surface area contributed by atoms with Gasteiger partial charge in [-0.3, -0.25) is 0 Å². The van der Waals surface area contributed by atoms with Crippen molar-refractivity contribution in [3.63, 3.8) is 0 Å². The van der Waals surface area contributed by atoms with Crippen LogP contribution in [0.1, 0.15) is 26.2 Å². The monoisotopic (exact) mass is 168 g/mol. The van der Waals surface area contributed by atoms with Crippen molar-refractivity contribution >= 4 is 0 Å². The topological polar surface area (TPSA) is 15.3 Å². The molecular formula is C10H20N2. The predicted octanol–water partition coefficient (Wildman–Crippen LogP) is 1.59. The molecule has 0 aromatic rings. The summed E-state index contributed by atoms with van der Waals surface area (Å²) in [6.45, 7) is 8.67. The molecule has 0 amide bonds. The number of piperidine rings is 1. The van der Waals surface area contributed by atoms with E-state index in [0.717, 1.165) is 0 Å². The molecule has 1 atom stereocenters. The van der Waals surface area contributed by atoms with Gasteiger partial charge in [0.2, 0.25) is 0 Å². The third-order valence-electron chi connectivity index (χ3n) is 2.70. The van der Waals surface area contributed by atoms with E-state index in [1.165, 1.54) is 38.0 Å². The standard InChI is InChI=1S/C10H20N2/c1-9(11-3)10(2)12-7-5-4-6-8-12/h9,11H,2,4-8H2,1,3H3. The maximum absolute atomic E-state index is 4.11. The molecule has 0 radical (unpaired) electrons. The van der Waals surface area contributed by atoms with Gasteiger partial charge in [0.25, 0.3) is 0 Å². The minimum Gasteiger partial charge on any atom is -0.374 e. The zero-order chi connectivity index (χ0) is 8.97. The summed E-state index contributed by atoms with van der Waals surface area (Å²) in [5, 5.41) is 3.22. The van der Waals surface area contributed by atoms with E-state index in [1.807, 2.05) is 7.05 Å². The lowest BCUT2D eigenvalue weighted by Gasteiger charge is -2.33. The van der Waals surface area contributed by atoms with Crippen LogP contribution in [-0.2, 0) is 0 Å². The number of hydrogen-bond acceptors (Lipinski definition) is 2. The molecule has 1 fully saturated rings. The van der Waals surface area contributed by atoms with Crippen LogP contribution >= 0.6 is 0 Å². The second-order valence-electron chi connectivity index (χ2n) is 3.55. The van der Waals surface area contributed by atoms with Gasteiger partial charge >= 0.3 is 0 Å². The first kappa shape index (κ1) is 9.59. The molecular weight excluding hydrogens is 148 g/mol. The Morgan fingerprint density at radius 3 is 2.42 bits per heavy atom. The molecule has 0 aromatic heterocycles. The largest absolute Gasteiger partial charge is 0.374 e. The van der Waals surface area contributed by atoms with Crippen LogP contribution in [0.5, 0.6) is 0 Å². The lowest BCUT2D eigenvalue weighted by molar-refractivity contribution is 0.267. The Bertz CT molecular complexity index is 148. The van der Waals surface area contributed by atoms with Crippen LogP contribution in [0.4, 0.5) is 0 Å². The zero-order valence-electron chi connectivity index (χ0n) is 8.27. The molecule has 0 spiro atoms. The molecule has 1 unspecified atom stereocenters. The molecule has 1 saturated heterocycles. The maximum Gasteiger partial charge on any atom is 0.0434 e. The Kier molecular flexibility index (Phi) is 3.60. The molecule has 1 N–H and O–H groups in total. The highest BCUT2D eigenvalue weighted by Gasteiger charge is 2.14. The molecule has 1 rings (SSSR count). The third-order valence-corrected chi connectivity index (χ3v) is 2.70. The van der Waals surface area contributed by atoms with Gasteiger partial charge in [-0.05, 0) is 33.2 Å². The van der Waals surface area contributed by atoms with E-state index in [9.17, 15) is 0 Å². The van der Waals surface area contributed by atoms with Crippen LogP contribution in [0.3, 0.4) is 0 Å². The maximum atomic E-state index is 4.11. The van der Waals surface area contributed by atoms with Crippen LogP contribution in [-0.4, -0.2) is 31.1 Å². The van der Waals surface area contributed by atoms with Crippen LogP contribution in [0.15, 0.2) is 12.3 Å². The molecule has 0 saturated carbocycles. The lowest BCUT2D eigenvalue weighted by Crippen LogP contribution is -2.37. The van der Waals surface area contributed by atoms with Gasteiger partial charge in [0.05, 0.1) is 0 Å². The van der Waals surface area contributed by atoms with E-state index in [-0.39, 0.29) is 0 Å². The van der Waals surface area contributed by atoms with Crippen molar-refractivity contribution in [1.29, 1.82) is 0 Å². The molecule has 0 aromatic carbocycles. The number of likely N-dealkylation sites (N-methyl/N-ethyl adjacent to an activating group) is 1. The fraction of sp³-hybridized carbons (Fsp3) is 0.800. The highest BCUT2D eigenvalue weighted by atomic mass is 15.2. The molecule has 1 aliphatic heterocycles. The van der Waals surface area contributed by atoms with E-state index < -0.39 is 0 Å². The Morgan fingerprint density at radius 2 is 1.92 bits per heavy atom. The second-order valence-corrected chi connectivity index (χ2v) is 3.55. The Balaban J connectivity index is 2.39. The average molecular weight is 168 g/mol. The fourth-order valence-corrected chi connectivity index (χ4v) is 1.62. The van der Waals surface area contributed by atoms with Crippen LogP contribution in [0.2, 0.25) is 0 Å². The summed E-state index contributed by atoms with van der Waals surface area (Å²) in [4.78, 5) is 2.41. The van der Waals surface area contributed by atoms with Gasteiger partial charge in [-0.15, -0.1) is 0 Å². The summed E-state index contributed by atoms with van der Waals surface area (Å²) in [7, 11) is 1.99. The van der Waals surface area contributed by atoms with E-state index in [0.29, 0.717) is 6.04 Å². The summed E-state index contributed by atoms with van der Waals surface area (Å²) >= 11 is 0. The summed E-state index contributed by atoms with van der Waals surface area (Å²) in [5.74, 6) is 0. The van der Waals surface area contributed by atoms with Crippen LogP contribution in [0.25, 0.3) is 0 Å². The third kappa shape index (κ3) is 2.24. The Labute approximate surface area is 75.6 Å². The predicted molar refractivity (Wildman–Crippen MR) is 53.1 cm³/mol. The quantitative estimate of drug-likeness (QED) is 0.688. The number of nitrogens with one attached hydrogen (secondary N) is 1. The molecule has 1 aliphatic rings. The average Bonchev–Trinajstić information content (AvgIpc) is 2.17. The molecule has 0 aliphatic carbocycles. The first-order valence-corrected chi connectivity index (χ1v) is 4.86. The van der Waals surface area contributed by atoms with Crippen LogP contribution < -0.4 is 5.32 Å². The lowest BCUT2D eigenvalue weighted by atomic mass is 10.1. The second kappa shape index (κ2) is 4.51. The van der Waals surface area contributed by atoms with E-state index >= 15 is 0 Å². The van der Waals surface area contributed by atoms with Gasteiger partial charge in [0.15, 0.2) is 0 Å². The van der Waals surface area contributed by atoms with Gasteiger partial charge in [-0.25, -0.2) is 0 Å². The summed E-state index contributed by atoms with van der Waals surface area (Å²) < 4.78 is 0. The summed E-state index contributed by atoms with van der Waals surface area (Å²) in [6.07, 6.45) is 4.04. The fourth-order valence-electron chi connectivity index (χ4n) is 1.62. The molecule has 2 nitrogen and oxygen atoms in total. The van der Waals surface area contributed by atoms with Crippen molar-refractivity contribution in [1.82, 2.24) is 10.2 Å². The minimum atomic E-state index is 0.420. The molecule has 12 heavy (non-hydrogen) atoms. The van der Waals surface area contributed by atoms with Gasteiger partial charge in [0.1, 0.15) is 0 Å².